The maximum Gasteiger partial charge on any atom is 0.306 e. The van der Waals surface area contributed by atoms with Crippen LogP contribution in [0.15, 0.2) is 22.6 Å². The van der Waals surface area contributed by atoms with Crippen molar-refractivity contribution >= 4 is 44.1 Å². The summed E-state index contributed by atoms with van der Waals surface area (Å²) in [4.78, 5) is 24.2. The first-order chi connectivity index (χ1) is 11.4. The average Bonchev–Trinajstić information content (AvgIpc) is 3.13. The van der Waals surface area contributed by atoms with Gasteiger partial charge in [-0.15, -0.1) is 11.3 Å². The normalized spacial score (nSPS) is 12.6. The van der Waals surface area contributed by atoms with Crippen molar-refractivity contribution in [3.8, 4) is 5.75 Å². The van der Waals surface area contributed by atoms with E-state index >= 15 is 0 Å². The first kappa shape index (κ1) is 16.5. The van der Waals surface area contributed by atoms with Crippen molar-refractivity contribution in [2.24, 2.45) is 5.92 Å². The second-order valence-corrected chi connectivity index (χ2v) is 6.86. The number of carboxylic acid groups (broad SMARTS) is 1. The second kappa shape index (κ2) is 6.28. The van der Waals surface area contributed by atoms with E-state index in [4.69, 9.17) is 14.3 Å². The van der Waals surface area contributed by atoms with Crippen molar-refractivity contribution in [1.82, 2.24) is 0 Å². The van der Waals surface area contributed by atoms with Gasteiger partial charge in [-0.3, -0.25) is 9.59 Å². The Kier molecular flexibility index (Phi) is 4.32. The van der Waals surface area contributed by atoms with Crippen molar-refractivity contribution in [1.29, 1.82) is 0 Å². The number of aryl methyl sites for hydroxylation is 1. The summed E-state index contributed by atoms with van der Waals surface area (Å²) in [7, 11) is 1.58. The van der Waals surface area contributed by atoms with Crippen LogP contribution in [0.4, 0.5) is 0 Å². The minimum absolute atomic E-state index is 0.0172. The highest BCUT2D eigenvalue weighted by Crippen LogP contribution is 2.39. The Labute approximate surface area is 142 Å². The molecule has 2 heterocycles. The summed E-state index contributed by atoms with van der Waals surface area (Å²) in [6.45, 7) is 3.64. The fourth-order valence-corrected chi connectivity index (χ4v) is 3.88. The van der Waals surface area contributed by atoms with E-state index in [1.807, 2.05) is 25.1 Å². The molecule has 0 fully saturated rings. The zero-order valence-electron chi connectivity index (χ0n) is 13.7. The Morgan fingerprint density at radius 1 is 1.29 bits per heavy atom. The van der Waals surface area contributed by atoms with E-state index < -0.39 is 11.9 Å². The average molecular weight is 346 g/mol. The molecular weight excluding hydrogens is 328 g/mol. The second-order valence-electron chi connectivity index (χ2n) is 5.77. The number of rotatable bonds is 6. The molecule has 1 aromatic carbocycles. The van der Waals surface area contributed by atoms with Crippen LogP contribution in [0.25, 0.3) is 21.1 Å². The van der Waals surface area contributed by atoms with Crippen molar-refractivity contribution in [3.05, 3.63) is 28.8 Å². The number of methoxy groups -OCH3 is 1. The van der Waals surface area contributed by atoms with Gasteiger partial charge in [0.25, 0.3) is 0 Å². The Balaban J connectivity index is 2.06. The third kappa shape index (κ3) is 2.78. The molecule has 0 aliphatic heterocycles. The maximum atomic E-state index is 12.5. The van der Waals surface area contributed by atoms with E-state index in [0.29, 0.717) is 22.6 Å². The smallest absolute Gasteiger partial charge is 0.306 e. The van der Waals surface area contributed by atoms with Gasteiger partial charge in [0.1, 0.15) is 5.76 Å². The molecule has 5 nitrogen and oxygen atoms in total. The molecule has 126 valence electrons. The van der Waals surface area contributed by atoms with E-state index in [1.54, 1.807) is 14.0 Å². The van der Waals surface area contributed by atoms with E-state index in [0.717, 1.165) is 21.2 Å². The summed E-state index contributed by atoms with van der Waals surface area (Å²) in [5.41, 5.74) is 0.663. The highest BCUT2D eigenvalue weighted by molar-refractivity contribution is 7.21. The van der Waals surface area contributed by atoms with Gasteiger partial charge in [0, 0.05) is 28.0 Å². The van der Waals surface area contributed by atoms with Gasteiger partial charge in [-0.1, -0.05) is 6.92 Å². The first-order valence-corrected chi connectivity index (χ1v) is 8.53. The Hall–Kier alpha value is -2.34. The molecule has 0 amide bonds. The zero-order chi connectivity index (χ0) is 17.4. The monoisotopic (exact) mass is 346 g/mol. The Morgan fingerprint density at radius 2 is 2.04 bits per heavy atom. The molecule has 0 saturated carbocycles. The van der Waals surface area contributed by atoms with Gasteiger partial charge in [-0.2, -0.15) is 0 Å². The first-order valence-electron chi connectivity index (χ1n) is 7.71. The van der Waals surface area contributed by atoms with Crippen LogP contribution in [0.2, 0.25) is 0 Å². The lowest BCUT2D eigenvalue weighted by atomic mass is 9.99. The van der Waals surface area contributed by atoms with Crippen LogP contribution in [0.5, 0.6) is 5.75 Å². The van der Waals surface area contributed by atoms with Crippen LogP contribution >= 0.6 is 11.3 Å². The molecule has 3 rings (SSSR count). The van der Waals surface area contributed by atoms with Crippen molar-refractivity contribution < 1.29 is 23.8 Å². The standard InChI is InChI=1S/C18H18O5S/c1-4-10(18(20)21)6-13(19)16-7-11-12-5-9(2)23-17(12)14(22-3)8-15(11)24-16/h5,7-8,10H,4,6H2,1-3H3,(H,20,21)/t10-/m1/s1. The number of hydrogen-bond donors (Lipinski definition) is 1. The third-order valence-corrected chi connectivity index (χ3v) is 5.28. The summed E-state index contributed by atoms with van der Waals surface area (Å²) >= 11 is 1.36. The summed E-state index contributed by atoms with van der Waals surface area (Å²) < 4.78 is 12.0. The molecule has 0 unspecified atom stereocenters. The van der Waals surface area contributed by atoms with E-state index in [-0.39, 0.29) is 12.2 Å². The zero-order valence-corrected chi connectivity index (χ0v) is 14.5. The van der Waals surface area contributed by atoms with Gasteiger partial charge in [0.05, 0.1) is 17.9 Å². The quantitative estimate of drug-likeness (QED) is 0.658. The molecule has 1 N–H and O–H groups in total. The number of carbonyl (C=O) groups is 2. The third-order valence-electron chi connectivity index (χ3n) is 4.16. The minimum Gasteiger partial charge on any atom is -0.493 e. The number of Topliss-reactive ketones (excluding diaryl/α,β-unsaturated/α-hetero) is 1. The number of fused-ring (bicyclic) bond motifs is 3. The van der Waals surface area contributed by atoms with E-state index in [2.05, 4.69) is 0 Å². The lowest BCUT2D eigenvalue weighted by Crippen LogP contribution is -2.16. The lowest BCUT2D eigenvalue weighted by molar-refractivity contribution is -0.141. The summed E-state index contributed by atoms with van der Waals surface area (Å²) in [5, 5.41) is 11.0. The van der Waals surface area contributed by atoms with Crippen molar-refractivity contribution in [2.45, 2.75) is 26.7 Å². The van der Waals surface area contributed by atoms with Crippen LogP contribution in [-0.4, -0.2) is 24.0 Å². The minimum atomic E-state index is -0.929. The molecule has 2 aromatic heterocycles. The molecule has 0 bridgehead atoms. The predicted molar refractivity (Wildman–Crippen MR) is 93.3 cm³/mol. The number of hydrogen-bond acceptors (Lipinski definition) is 5. The van der Waals surface area contributed by atoms with Crippen LogP contribution in [0.3, 0.4) is 0 Å². The number of aliphatic carboxylic acids is 1. The Morgan fingerprint density at radius 3 is 2.67 bits per heavy atom. The topological polar surface area (TPSA) is 76.7 Å². The van der Waals surface area contributed by atoms with Crippen LogP contribution < -0.4 is 4.74 Å². The molecule has 24 heavy (non-hydrogen) atoms. The van der Waals surface area contributed by atoms with Crippen LogP contribution in [0, 0.1) is 12.8 Å². The van der Waals surface area contributed by atoms with Crippen molar-refractivity contribution in [2.75, 3.05) is 7.11 Å². The molecule has 1 atom stereocenters. The maximum absolute atomic E-state index is 12.5. The lowest BCUT2D eigenvalue weighted by Gasteiger charge is -2.06. The largest absolute Gasteiger partial charge is 0.493 e. The van der Waals surface area contributed by atoms with E-state index in [9.17, 15) is 9.59 Å². The summed E-state index contributed by atoms with van der Waals surface area (Å²) in [5.74, 6) is -0.317. The van der Waals surface area contributed by atoms with Crippen LogP contribution in [-0.2, 0) is 4.79 Å². The van der Waals surface area contributed by atoms with Gasteiger partial charge >= 0.3 is 5.97 Å². The molecule has 3 aromatic rings. The number of ketones is 1. The van der Waals surface area contributed by atoms with Crippen LogP contribution in [0.1, 0.15) is 35.2 Å². The number of carboxylic acids is 1. The highest BCUT2D eigenvalue weighted by Gasteiger charge is 2.22. The molecule has 0 aliphatic carbocycles. The predicted octanol–water partition coefficient (Wildman–Crippen LogP) is 4.65. The van der Waals surface area contributed by atoms with Gasteiger partial charge in [0.2, 0.25) is 0 Å². The fourth-order valence-electron chi connectivity index (χ4n) is 2.82. The summed E-state index contributed by atoms with van der Waals surface area (Å²) in [6.07, 6.45) is 0.453. The summed E-state index contributed by atoms with van der Waals surface area (Å²) in [6, 6.07) is 5.61. The fraction of sp³-hybridized carbons (Fsp3) is 0.333. The van der Waals surface area contributed by atoms with Gasteiger partial charge in [-0.25, -0.2) is 0 Å². The molecule has 0 radical (unpaired) electrons. The van der Waals surface area contributed by atoms with Gasteiger partial charge < -0.3 is 14.3 Å². The molecule has 0 saturated heterocycles. The van der Waals surface area contributed by atoms with Gasteiger partial charge in [0.15, 0.2) is 17.1 Å². The Bertz CT molecular complexity index is 934. The molecule has 0 aliphatic rings. The number of thiophene rings is 1. The number of ether oxygens (including phenoxy) is 1. The SMILES string of the molecule is CC[C@H](CC(=O)c1cc2c(cc(OC)c3oc(C)cc32)s1)C(=O)O. The number of carbonyl (C=O) groups excluding carboxylic acids is 1. The molecular formula is C18H18O5S. The molecule has 6 heteroatoms. The van der Waals surface area contributed by atoms with E-state index in [1.165, 1.54) is 11.3 Å². The highest BCUT2D eigenvalue weighted by atomic mass is 32.1. The van der Waals surface area contributed by atoms with Crippen molar-refractivity contribution in [3.63, 3.8) is 0 Å². The number of benzene rings is 1. The van der Waals surface area contributed by atoms with Gasteiger partial charge in [-0.05, 0) is 25.5 Å². The number of furan rings is 1. The molecule has 0 spiro atoms.